The number of amides is 1. The Kier molecular flexibility index (Phi) is 2.08. The Morgan fingerprint density at radius 3 is 3.00 bits per heavy atom. The summed E-state index contributed by atoms with van der Waals surface area (Å²) in [4.78, 5) is 11.4. The van der Waals surface area contributed by atoms with Gasteiger partial charge in [0.2, 0.25) is 5.91 Å². The molecule has 1 atom stereocenters. The van der Waals surface area contributed by atoms with Crippen molar-refractivity contribution in [3.63, 3.8) is 0 Å². The molecule has 2 rings (SSSR count). The molecular formula is C10H13NO2. The van der Waals surface area contributed by atoms with Gasteiger partial charge in [0, 0.05) is 5.92 Å². The molecular weight excluding hydrogens is 166 g/mol. The second-order valence-corrected chi connectivity index (χ2v) is 3.52. The smallest absolute Gasteiger partial charge is 0.223 e. The Morgan fingerprint density at radius 1 is 1.69 bits per heavy atom. The van der Waals surface area contributed by atoms with Crippen LogP contribution >= 0.6 is 0 Å². The van der Waals surface area contributed by atoms with Crippen LogP contribution in [0.15, 0.2) is 22.8 Å². The Balaban J connectivity index is 1.90. The summed E-state index contributed by atoms with van der Waals surface area (Å²) in [5, 5.41) is 2.91. The normalized spacial score (nSPS) is 18.2. The number of hydrogen-bond donors (Lipinski definition) is 1. The summed E-state index contributed by atoms with van der Waals surface area (Å²) in [5.74, 6) is 1.23. The fourth-order valence-electron chi connectivity index (χ4n) is 1.29. The van der Waals surface area contributed by atoms with Crippen molar-refractivity contribution in [1.29, 1.82) is 0 Å². The molecule has 0 saturated heterocycles. The van der Waals surface area contributed by atoms with Gasteiger partial charge in [-0.25, -0.2) is 0 Å². The van der Waals surface area contributed by atoms with Gasteiger partial charge < -0.3 is 9.73 Å². The van der Waals surface area contributed by atoms with Crippen molar-refractivity contribution in [2.75, 3.05) is 0 Å². The van der Waals surface area contributed by atoms with Gasteiger partial charge in [0.1, 0.15) is 5.76 Å². The summed E-state index contributed by atoms with van der Waals surface area (Å²) in [6.45, 7) is 1.93. The number of carbonyl (C=O) groups is 1. The maximum absolute atomic E-state index is 11.4. The predicted octanol–water partition coefficient (Wildman–Crippen LogP) is 1.87. The number of furan rings is 1. The molecule has 0 bridgehead atoms. The third-order valence-electron chi connectivity index (χ3n) is 2.28. The van der Waals surface area contributed by atoms with E-state index in [9.17, 15) is 4.79 Å². The molecule has 1 aromatic heterocycles. The minimum absolute atomic E-state index is 0.0110. The number of hydrogen-bond acceptors (Lipinski definition) is 2. The lowest BCUT2D eigenvalue weighted by Crippen LogP contribution is -2.27. The van der Waals surface area contributed by atoms with Gasteiger partial charge in [-0.15, -0.1) is 0 Å². The molecule has 1 aliphatic carbocycles. The molecule has 3 nitrogen and oxygen atoms in total. The van der Waals surface area contributed by atoms with Crippen molar-refractivity contribution in [3.8, 4) is 0 Å². The summed E-state index contributed by atoms with van der Waals surface area (Å²) in [6.07, 6.45) is 3.70. The van der Waals surface area contributed by atoms with E-state index >= 15 is 0 Å². The van der Waals surface area contributed by atoms with Gasteiger partial charge in [-0.2, -0.15) is 0 Å². The fraction of sp³-hybridized carbons (Fsp3) is 0.500. The molecule has 1 aliphatic rings. The predicted molar refractivity (Wildman–Crippen MR) is 48.0 cm³/mol. The largest absolute Gasteiger partial charge is 0.467 e. The summed E-state index contributed by atoms with van der Waals surface area (Å²) < 4.78 is 5.18. The first-order chi connectivity index (χ1) is 6.27. The van der Waals surface area contributed by atoms with Crippen LogP contribution in [0.2, 0.25) is 0 Å². The van der Waals surface area contributed by atoms with Crippen LogP contribution in [-0.2, 0) is 4.79 Å². The molecule has 1 saturated carbocycles. The van der Waals surface area contributed by atoms with Gasteiger partial charge in [-0.1, -0.05) is 0 Å². The van der Waals surface area contributed by atoms with E-state index in [4.69, 9.17) is 4.42 Å². The lowest BCUT2D eigenvalue weighted by atomic mass is 10.2. The van der Waals surface area contributed by atoms with Crippen molar-refractivity contribution >= 4 is 5.91 Å². The van der Waals surface area contributed by atoms with Crippen LogP contribution in [0.5, 0.6) is 0 Å². The average molecular weight is 179 g/mol. The molecule has 0 unspecified atom stereocenters. The molecule has 13 heavy (non-hydrogen) atoms. The first-order valence-corrected chi connectivity index (χ1v) is 4.61. The fourth-order valence-corrected chi connectivity index (χ4v) is 1.29. The van der Waals surface area contributed by atoms with Crippen LogP contribution in [0.4, 0.5) is 0 Å². The zero-order valence-electron chi connectivity index (χ0n) is 7.62. The third kappa shape index (κ3) is 1.91. The second kappa shape index (κ2) is 3.24. The van der Waals surface area contributed by atoms with Gasteiger partial charge in [0.05, 0.1) is 12.3 Å². The highest BCUT2D eigenvalue weighted by Gasteiger charge is 2.30. The Hall–Kier alpha value is -1.25. The second-order valence-electron chi connectivity index (χ2n) is 3.52. The van der Waals surface area contributed by atoms with E-state index in [1.165, 1.54) is 0 Å². The zero-order chi connectivity index (χ0) is 9.26. The highest BCUT2D eigenvalue weighted by atomic mass is 16.3. The number of rotatable bonds is 3. The Labute approximate surface area is 77.1 Å². The van der Waals surface area contributed by atoms with E-state index in [1.54, 1.807) is 6.26 Å². The minimum Gasteiger partial charge on any atom is -0.467 e. The van der Waals surface area contributed by atoms with Crippen molar-refractivity contribution in [2.45, 2.75) is 25.8 Å². The van der Waals surface area contributed by atoms with Crippen molar-refractivity contribution < 1.29 is 9.21 Å². The number of nitrogens with one attached hydrogen (secondary N) is 1. The zero-order valence-corrected chi connectivity index (χ0v) is 7.62. The topological polar surface area (TPSA) is 42.2 Å². The van der Waals surface area contributed by atoms with E-state index in [0.717, 1.165) is 18.6 Å². The molecule has 1 N–H and O–H groups in total. The van der Waals surface area contributed by atoms with E-state index in [-0.39, 0.29) is 17.9 Å². The molecule has 0 spiro atoms. The molecule has 0 aromatic carbocycles. The maximum atomic E-state index is 11.4. The van der Waals surface area contributed by atoms with Crippen LogP contribution in [0, 0.1) is 5.92 Å². The van der Waals surface area contributed by atoms with Gasteiger partial charge in [-0.3, -0.25) is 4.79 Å². The highest BCUT2D eigenvalue weighted by molar-refractivity contribution is 5.81. The molecule has 0 radical (unpaired) electrons. The average Bonchev–Trinajstić information content (AvgIpc) is 2.81. The Bertz CT molecular complexity index is 288. The van der Waals surface area contributed by atoms with Crippen molar-refractivity contribution in [2.24, 2.45) is 5.92 Å². The monoisotopic (exact) mass is 179 g/mol. The highest BCUT2D eigenvalue weighted by Crippen LogP contribution is 2.29. The molecule has 1 fully saturated rings. The van der Waals surface area contributed by atoms with Crippen molar-refractivity contribution in [3.05, 3.63) is 24.2 Å². The van der Waals surface area contributed by atoms with Gasteiger partial charge in [0.25, 0.3) is 0 Å². The Morgan fingerprint density at radius 2 is 2.46 bits per heavy atom. The van der Waals surface area contributed by atoms with Crippen LogP contribution in [0.25, 0.3) is 0 Å². The van der Waals surface area contributed by atoms with Crippen molar-refractivity contribution in [1.82, 2.24) is 5.32 Å². The van der Waals surface area contributed by atoms with E-state index in [0.29, 0.717) is 0 Å². The van der Waals surface area contributed by atoms with Crippen LogP contribution in [0.1, 0.15) is 31.6 Å². The maximum Gasteiger partial charge on any atom is 0.223 e. The molecule has 0 aliphatic heterocycles. The molecule has 1 heterocycles. The van der Waals surface area contributed by atoms with Crippen LogP contribution in [-0.4, -0.2) is 5.91 Å². The van der Waals surface area contributed by atoms with Gasteiger partial charge in [-0.05, 0) is 31.9 Å². The SMILES string of the molecule is C[C@@H](NC(=O)C1CC1)c1ccco1. The third-order valence-corrected chi connectivity index (χ3v) is 2.28. The first-order valence-electron chi connectivity index (χ1n) is 4.61. The summed E-state index contributed by atoms with van der Waals surface area (Å²) in [5.41, 5.74) is 0. The summed E-state index contributed by atoms with van der Waals surface area (Å²) in [7, 11) is 0. The standard InChI is InChI=1S/C10H13NO2/c1-7(9-3-2-6-13-9)11-10(12)8-4-5-8/h2-3,6-8H,4-5H2,1H3,(H,11,12)/t7-/m1/s1. The molecule has 70 valence electrons. The van der Waals surface area contributed by atoms with Crippen LogP contribution < -0.4 is 5.32 Å². The summed E-state index contributed by atoms with van der Waals surface area (Å²) in [6, 6.07) is 3.69. The lowest BCUT2D eigenvalue weighted by molar-refractivity contribution is -0.123. The van der Waals surface area contributed by atoms with E-state index in [2.05, 4.69) is 5.32 Å². The van der Waals surface area contributed by atoms with Gasteiger partial charge in [0.15, 0.2) is 0 Å². The lowest BCUT2D eigenvalue weighted by Gasteiger charge is -2.10. The van der Waals surface area contributed by atoms with E-state index in [1.807, 2.05) is 19.1 Å². The summed E-state index contributed by atoms with van der Waals surface area (Å²) >= 11 is 0. The first kappa shape index (κ1) is 8.35. The minimum atomic E-state index is -0.0110. The number of carbonyl (C=O) groups excluding carboxylic acids is 1. The quantitative estimate of drug-likeness (QED) is 0.769. The van der Waals surface area contributed by atoms with Crippen LogP contribution in [0.3, 0.4) is 0 Å². The molecule has 3 heteroatoms. The van der Waals surface area contributed by atoms with Gasteiger partial charge >= 0.3 is 0 Å². The van der Waals surface area contributed by atoms with E-state index < -0.39 is 0 Å². The molecule has 1 amide bonds. The molecule has 1 aromatic rings.